The van der Waals surface area contributed by atoms with Crippen molar-refractivity contribution >= 4 is 12.0 Å². The molecule has 1 heterocycles. The normalized spacial score (nSPS) is 22.9. The lowest BCUT2D eigenvalue weighted by Crippen LogP contribution is -2.46. The van der Waals surface area contributed by atoms with E-state index >= 15 is 0 Å². The van der Waals surface area contributed by atoms with Gasteiger partial charge < -0.3 is 25.2 Å². The molecule has 0 aliphatic carbocycles. The molecule has 0 radical (unpaired) electrons. The van der Waals surface area contributed by atoms with E-state index in [0.29, 0.717) is 19.4 Å². The van der Waals surface area contributed by atoms with Crippen LogP contribution in [0.25, 0.3) is 0 Å². The van der Waals surface area contributed by atoms with Gasteiger partial charge in [-0.05, 0) is 40.5 Å². The van der Waals surface area contributed by atoms with Gasteiger partial charge in [0.15, 0.2) is 0 Å². The number of aliphatic hydroxyl groups excluding tert-OH is 1. The minimum atomic E-state index is -0.726. The molecule has 0 bridgehead atoms. The second-order valence-electron chi connectivity index (χ2n) is 7.07. The monoisotopic (exact) mass is 342 g/mol. The fourth-order valence-corrected chi connectivity index (χ4v) is 2.20. The van der Waals surface area contributed by atoms with Crippen molar-refractivity contribution in [3.05, 3.63) is 12.2 Å². The van der Waals surface area contributed by atoms with Crippen molar-refractivity contribution in [3.8, 4) is 0 Å². The number of rotatable bonds is 5. The number of hydrogen-bond donors (Lipinski definition) is 3. The van der Waals surface area contributed by atoms with Crippen molar-refractivity contribution < 1.29 is 24.2 Å². The lowest BCUT2D eigenvalue weighted by Gasteiger charge is -2.25. The van der Waals surface area contributed by atoms with Crippen LogP contribution in [-0.2, 0) is 14.3 Å². The number of carbonyl (C=O) groups excluding carboxylic acids is 2. The summed E-state index contributed by atoms with van der Waals surface area (Å²) in [5, 5.41) is 15.5. The maximum atomic E-state index is 12.0. The van der Waals surface area contributed by atoms with Crippen molar-refractivity contribution in [3.63, 3.8) is 0 Å². The van der Waals surface area contributed by atoms with Crippen LogP contribution in [0, 0.1) is 0 Å². The molecule has 0 aromatic carbocycles. The van der Waals surface area contributed by atoms with E-state index in [1.807, 2.05) is 19.1 Å². The second kappa shape index (κ2) is 9.64. The van der Waals surface area contributed by atoms with Crippen LogP contribution in [0.2, 0.25) is 0 Å². The van der Waals surface area contributed by atoms with E-state index in [2.05, 4.69) is 10.6 Å². The maximum absolute atomic E-state index is 12.0. The number of alkyl carbamates (subject to hydrolysis) is 1. The summed E-state index contributed by atoms with van der Waals surface area (Å²) in [5.74, 6) is -0.161. The fraction of sp³-hybridized carbons (Fsp3) is 0.765. The Bertz CT molecular complexity index is 445. The highest BCUT2D eigenvalue weighted by molar-refractivity contribution is 5.76. The predicted octanol–water partition coefficient (Wildman–Crippen LogP) is 1.50. The molecule has 2 unspecified atom stereocenters. The van der Waals surface area contributed by atoms with Gasteiger partial charge in [-0.25, -0.2) is 4.79 Å². The van der Waals surface area contributed by atoms with Crippen LogP contribution in [0.3, 0.4) is 0 Å². The number of carbonyl (C=O) groups is 2. The van der Waals surface area contributed by atoms with Crippen LogP contribution < -0.4 is 10.6 Å². The van der Waals surface area contributed by atoms with E-state index in [0.717, 1.165) is 0 Å². The molecule has 0 aromatic rings. The molecule has 0 aromatic heterocycles. The summed E-state index contributed by atoms with van der Waals surface area (Å²) in [5.41, 5.74) is -0.550. The van der Waals surface area contributed by atoms with E-state index in [9.17, 15) is 14.7 Å². The van der Waals surface area contributed by atoms with Gasteiger partial charge in [0.05, 0.1) is 25.4 Å². The highest BCUT2D eigenvalue weighted by atomic mass is 16.6. The van der Waals surface area contributed by atoms with Crippen molar-refractivity contribution in [1.29, 1.82) is 0 Å². The third kappa shape index (κ3) is 8.88. The molecule has 0 spiro atoms. The van der Waals surface area contributed by atoms with E-state index in [1.165, 1.54) is 0 Å². The molecule has 7 nitrogen and oxygen atoms in total. The fourth-order valence-electron chi connectivity index (χ4n) is 2.20. The van der Waals surface area contributed by atoms with Crippen LogP contribution in [0.15, 0.2) is 12.2 Å². The van der Waals surface area contributed by atoms with Gasteiger partial charge in [0.2, 0.25) is 5.91 Å². The van der Waals surface area contributed by atoms with E-state index in [4.69, 9.17) is 9.47 Å². The molecular weight excluding hydrogens is 312 g/mol. The Morgan fingerprint density at radius 2 is 2.08 bits per heavy atom. The number of hydrogen-bond acceptors (Lipinski definition) is 5. The van der Waals surface area contributed by atoms with Crippen LogP contribution in [0.5, 0.6) is 0 Å². The number of aliphatic hydroxyl groups is 1. The van der Waals surface area contributed by atoms with Gasteiger partial charge in [0, 0.05) is 12.5 Å². The zero-order valence-electron chi connectivity index (χ0n) is 15.0. The van der Waals surface area contributed by atoms with Gasteiger partial charge in [-0.2, -0.15) is 0 Å². The summed E-state index contributed by atoms with van der Waals surface area (Å²) < 4.78 is 10.4. The van der Waals surface area contributed by atoms with Gasteiger partial charge in [0.1, 0.15) is 5.60 Å². The highest BCUT2D eigenvalue weighted by Gasteiger charge is 2.22. The van der Waals surface area contributed by atoms with Gasteiger partial charge in [-0.3, -0.25) is 4.79 Å². The average molecular weight is 342 g/mol. The minimum absolute atomic E-state index is 0.161. The first-order chi connectivity index (χ1) is 11.2. The minimum Gasteiger partial charge on any atom is -0.444 e. The molecular formula is C17H30N2O5. The lowest BCUT2D eigenvalue weighted by atomic mass is 10.1. The van der Waals surface area contributed by atoms with Crippen molar-refractivity contribution in [2.45, 2.75) is 70.7 Å². The summed E-state index contributed by atoms with van der Waals surface area (Å²) >= 11 is 0. The van der Waals surface area contributed by atoms with Crippen molar-refractivity contribution in [1.82, 2.24) is 10.6 Å². The molecule has 1 aliphatic heterocycles. The van der Waals surface area contributed by atoms with Gasteiger partial charge in [0.25, 0.3) is 0 Å². The highest BCUT2D eigenvalue weighted by Crippen LogP contribution is 2.08. The summed E-state index contributed by atoms with van der Waals surface area (Å²) in [7, 11) is 0. The van der Waals surface area contributed by atoms with E-state index in [-0.39, 0.29) is 31.0 Å². The van der Waals surface area contributed by atoms with Crippen molar-refractivity contribution in [2.24, 2.45) is 0 Å². The van der Waals surface area contributed by atoms with Crippen LogP contribution in [-0.4, -0.2) is 54.1 Å². The molecule has 0 saturated heterocycles. The Morgan fingerprint density at radius 3 is 2.75 bits per heavy atom. The Hall–Kier alpha value is -1.60. The number of nitrogens with one attached hydrogen (secondary N) is 2. The summed E-state index contributed by atoms with van der Waals surface area (Å²) in [6.45, 7) is 7.88. The second-order valence-corrected chi connectivity index (χ2v) is 7.07. The third-order valence-electron chi connectivity index (χ3n) is 3.44. The summed E-state index contributed by atoms with van der Waals surface area (Å²) in [4.78, 5) is 23.7. The zero-order valence-corrected chi connectivity index (χ0v) is 15.0. The first-order valence-electron chi connectivity index (χ1n) is 8.37. The quantitative estimate of drug-likeness (QED) is 0.658. The SMILES string of the molecule is C[C@@H](CCC(=O)NC1CC=CCOCC1O)NC(=O)OC(C)(C)C. The maximum Gasteiger partial charge on any atom is 0.407 e. The Labute approximate surface area is 143 Å². The topological polar surface area (TPSA) is 96.9 Å². The molecule has 0 saturated carbocycles. The number of ether oxygens (including phenoxy) is 2. The Balaban J connectivity index is 2.32. The van der Waals surface area contributed by atoms with Crippen LogP contribution in [0.1, 0.15) is 47.0 Å². The van der Waals surface area contributed by atoms with Crippen LogP contribution in [0.4, 0.5) is 4.79 Å². The third-order valence-corrected chi connectivity index (χ3v) is 3.44. The average Bonchev–Trinajstić information content (AvgIpc) is 2.42. The lowest BCUT2D eigenvalue weighted by molar-refractivity contribution is -0.123. The summed E-state index contributed by atoms with van der Waals surface area (Å²) in [6.07, 6.45) is 3.86. The van der Waals surface area contributed by atoms with Crippen LogP contribution >= 0.6 is 0 Å². The summed E-state index contributed by atoms with van der Waals surface area (Å²) in [6, 6.07) is -0.542. The Kier molecular flexibility index (Phi) is 8.21. The van der Waals surface area contributed by atoms with Gasteiger partial charge >= 0.3 is 6.09 Å². The predicted molar refractivity (Wildman–Crippen MR) is 90.6 cm³/mol. The Morgan fingerprint density at radius 1 is 1.38 bits per heavy atom. The molecule has 2 amide bonds. The first kappa shape index (κ1) is 20.4. The molecule has 24 heavy (non-hydrogen) atoms. The largest absolute Gasteiger partial charge is 0.444 e. The molecule has 1 rings (SSSR count). The first-order valence-corrected chi connectivity index (χ1v) is 8.37. The van der Waals surface area contributed by atoms with Gasteiger partial charge in [-0.15, -0.1) is 0 Å². The molecule has 3 N–H and O–H groups in total. The van der Waals surface area contributed by atoms with E-state index in [1.54, 1.807) is 20.8 Å². The molecule has 7 heteroatoms. The smallest absolute Gasteiger partial charge is 0.407 e. The standard InChI is InChI=1S/C17H30N2O5/c1-12(18-16(22)24-17(2,3)4)8-9-15(21)19-13-7-5-6-10-23-11-14(13)20/h5-6,12-14,20H,7-11H2,1-4H3,(H,18,22)(H,19,21)/t12-,13?,14?/m0/s1. The molecule has 3 atom stereocenters. The molecule has 1 aliphatic rings. The number of amides is 2. The zero-order chi connectivity index (χ0) is 18.2. The van der Waals surface area contributed by atoms with E-state index < -0.39 is 17.8 Å². The van der Waals surface area contributed by atoms with Gasteiger partial charge in [-0.1, -0.05) is 12.2 Å². The van der Waals surface area contributed by atoms with Crippen molar-refractivity contribution in [2.75, 3.05) is 13.2 Å². The molecule has 0 fully saturated rings. The molecule has 138 valence electrons.